The van der Waals surface area contributed by atoms with Gasteiger partial charge in [0.1, 0.15) is 0 Å². The molecule has 1 aliphatic carbocycles. The van der Waals surface area contributed by atoms with Crippen LogP contribution < -0.4 is 10.6 Å². The van der Waals surface area contributed by atoms with E-state index in [1.165, 1.54) is 6.07 Å². The molecule has 1 aromatic carbocycles. The van der Waals surface area contributed by atoms with E-state index in [1.807, 2.05) is 11.8 Å². The summed E-state index contributed by atoms with van der Waals surface area (Å²) in [5.74, 6) is -0.315. The van der Waals surface area contributed by atoms with Gasteiger partial charge in [-0.1, -0.05) is 5.16 Å². The first-order chi connectivity index (χ1) is 9.38. The van der Waals surface area contributed by atoms with Crippen LogP contribution in [-0.2, 0) is 6.18 Å². The number of nitrogens with two attached hydrogens (primary N) is 1. The third kappa shape index (κ3) is 2.81. The molecule has 0 unspecified atom stereocenters. The predicted molar refractivity (Wildman–Crippen MR) is 70.0 cm³/mol. The van der Waals surface area contributed by atoms with Crippen LogP contribution in [0.2, 0.25) is 0 Å². The Labute approximate surface area is 114 Å². The molecule has 2 rings (SSSR count). The summed E-state index contributed by atoms with van der Waals surface area (Å²) in [6.45, 7) is 2.58. The fraction of sp³-hybridized carbons (Fsp3) is 0.462. The Morgan fingerprint density at radius 2 is 2.10 bits per heavy atom. The van der Waals surface area contributed by atoms with Gasteiger partial charge in [0.2, 0.25) is 0 Å². The van der Waals surface area contributed by atoms with Gasteiger partial charge >= 0.3 is 6.18 Å². The topological polar surface area (TPSA) is 61.8 Å². The van der Waals surface area contributed by atoms with Gasteiger partial charge < -0.3 is 15.8 Å². The number of anilines is 1. The molecule has 0 heterocycles. The minimum absolute atomic E-state index is 0.107. The van der Waals surface area contributed by atoms with Gasteiger partial charge in [-0.15, -0.1) is 0 Å². The first-order valence-electron chi connectivity index (χ1n) is 6.34. The van der Waals surface area contributed by atoms with E-state index < -0.39 is 11.7 Å². The molecule has 0 atom stereocenters. The van der Waals surface area contributed by atoms with E-state index in [1.54, 1.807) is 0 Å². The van der Waals surface area contributed by atoms with Crippen molar-refractivity contribution in [1.29, 1.82) is 0 Å². The fourth-order valence-electron chi connectivity index (χ4n) is 2.23. The zero-order valence-electron chi connectivity index (χ0n) is 11.0. The molecule has 0 aromatic heterocycles. The quantitative estimate of drug-likeness (QED) is 0.387. The Morgan fingerprint density at radius 1 is 1.45 bits per heavy atom. The van der Waals surface area contributed by atoms with Crippen molar-refractivity contribution in [3.63, 3.8) is 0 Å². The van der Waals surface area contributed by atoms with Crippen LogP contribution in [0.25, 0.3) is 0 Å². The van der Waals surface area contributed by atoms with Gasteiger partial charge in [0.15, 0.2) is 5.84 Å². The molecular weight excluding hydrogens is 271 g/mol. The molecule has 20 heavy (non-hydrogen) atoms. The molecule has 1 fully saturated rings. The van der Waals surface area contributed by atoms with E-state index in [9.17, 15) is 13.2 Å². The Kier molecular flexibility index (Phi) is 3.78. The van der Waals surface area contributed by atoms with E-state index >= 15 is 0 Å². The van der Waals surface area contributed by atoms with E-state index in [2.05, 4.69) is 5.16 Å². The molecule has 110 valence electrons. The second-order valence-corrected chi connectivity index (χ2v) is 4.73. The molecular formula is C13H16F3N3O. The van der Waals surface area contributed by atoms with E-state index in [-0.39, 0.29) is 11.4 Å². The summed E-state index contributed by atoms with van der Waals surface area (Å²) >= 11 is 0. The van der Waals surface area contributed by atoms with Gasteiger partial charge in [-0.05, 0) is 38.0 Å². The largest absolute Gasteiger partial charge is 0.416 e. The number of nitrogens with zero attached hydrogens (tertiary/aromatic N) is 2. The van der Waals surface area contributed by atoms with Gasteiger partial charge in [0.05, 0.1) is 5.56 Å². The summed E-state index contributed by atoms with van der Waals surface area (Å²) in [5, 5.41) is 11.6. The number of hydrogen-bond donors (Lipinski definition) is 2. The highest BCUT2D eigenvalue weighted by Gasteiger charge is 2.34. The first kappa shape index (κ1) is 14.5. The second-order valence-electron chi connectivity index (χ2n) is 4.73. The van der Waals surface area contributed by atoms with E-state index in [4.69, 9.17) is 10.9 Å². The van der Waals surface area contributed by atoms with E-state index in [0.717, 1.165) is 25.0 Å². The van der Waals surface area contributed by atoms with Crippen molar-refractivity contribution in [3.8, 4) is 0 Å². The van der Waals surface area contributed by atoms with Crippen LogP contribution in [0.15, 0.2) is 23.4 Å². The molecule has 1 aliphatic rings. The molecule has 0 bridgehead atoms. The van der Waals surface area contributed by atoms with Crippen LogP contribution in [0.1, 0.15) is 30.9 Å². The molecule has 0 saturated heterocycles. The predicted octanol–water partition coefficient (Wildman–Crippen LogP) is 2.79. The maximum atomic E-state index is 12.8. The van der Waals surface area contributed by atoms with Crippen molar-refractivity contribution >= 4 is 11.5 Å². The molecule has 7 heteroatoms. The lowest BCUT2D eigenvalue weighted by Crippen LogP contribution is -2.29. The number of alkyl halides is 3. The minimum Gasteiger partial charge on any atom is -0.409 e. The molecule has 0 amide bonds. The summed E-state index contributed by atoms with van der Waals surface area (Å²) in [7, 11) is 0. The SMILES string of the molecule is CCN(c1ccc(C(F)(F)F)cc1/C(N)=N/O)C1CC1. The first-order valence-corrected chi connectivity index (χ1v) is 6.34. The lowest BCUT2D eigenvalue weighted by Gasteiger charge is -2.26. The van der Waals surface area contributed by atoms with Gasteiger partial charge in [0, 0.05) is 23.8 Å². The smallest absolute Gasteiger partial charge is 0.409 e. The lowest BCUT2D eigenvalue weighted by atomic mass is 10.1. The van der Waals surface area contributed by atoms with Crippen molar-refractivity contribution in [2.75, 3.05) is 11.4 Å². The lowest BCUT2D eigenvalue weighted by molar-refractivity contribution is -0.137. The Morgan fingerprint density at radius 3 is 2.55 bits per heavy atom. The van der Waals surface area contributed by atoms with Crippen LogP contribution >= 0.6 is 0 Å². The minimum atomic E-state index is -4.46. The number of rotatable bonds is 4. The number of amidine groups is 1. The fourth-order valence-corrected chi connectivity index (χ4v) is 2.23. The highest BCUT2D eigenvalue weighted by molar-refractivity contribution is 6.02. The summed E-state index contributed by atoms with van der Waals surface area (Å²) in [4.78, 5) is 1.98. The maximum absolute atomic E-state index is 12.8. The van der Waals surface area contributed by atoms with Crippen molar-refractivity contribution in [2.45, 2.75) is 32.0 Å². The molecule has 0 radical (unpaired) electrons. The number of hydrogen-bond acceptors (Lipinski definition) is 3. The van der Waals surface area contributed by atoms with Crippen LogP contribution in [0.5, 0.6) is 0 Å². The average Bonchev–Trinajstić information content (AvgIpc) is 3.22. The highest BCUT2D eigenvalue weighted by atomic mass is 19.4. The zero-order chi connectivity index (χ0) is 14.9. The third-order valence-electron chi connectivity index (χ3n) is 3.35. The monoisotopic (exact) mass is 287 g/mol. The van der Waals surface area contributed by atoms with E-state index in [0.29, 0.717) is 18.3 Å². The Hall–Kier alpha value is -1.92. The van der Waals surface area contributed by atoms with Crippen LogP contribution in [0.4, 0.5) is 18.9 Å². The third-order valence-corrected chi connectivity index (χ3v) is 3.35. The molecule has 1 saturated carbocycles. The standard InChI is InChI=1S/C13H16F3N3O/c1-2-19(9-4-5-9)11-6-3-8(13(14,15)16)7-10(11)12(17)18-20/h3,6-7,9,20H,2,4-5H2,1H3,(H2,17,18). The maximum Gasteiger partial charge on any atom is 0.416 e. The molecule has 0 spiro atoms. The van der Waals surface area contributed by atoms with Gasteiger partial charge in [0.25, 0.3) is 0 Å². The second kappa shape index (κ2) is 5.22. The Balaban J connectivity index is 2.50. The Bertz CT molecular complexity index is 524. The molecule has 0 aliphatic heterocycles. The van der Waals surface area contributed by atoms with Crippen LogP contribution in [0, 0.1) is 0 Å². The number of oxime groups is 1. The summed E-state index contributed by atoms with van der Waals surface area (Å²) in [6, 6.07) is 3.66. The van der Waals surface area contributed by atoms with Gasteiger partial charge in [-0.2, -0.15) is 13.2 Å². The highest BCUT2D eigenvalue weighted by Crippen LogP contribution is 2.36. The number of halogens is 3. The van der Waals surface area contributed by atoms with Crippen molar-refractivity contribution in [3.05, 3.63) is 29.3 Å². The van der Waals surface area contributed by atoms with Crippen molar-refractivity contribution < 1.29 is 18.4 Å². The normalized spacial score (nSPS) is 16.3. The summed E-state index contributed by atoms with van der Waals surface area (Å²) in [6.07, 6.45) is -2.45. The number of benzene rings is 1. The van der Waals surface area contributed by atoms with Crippen LogP contribution in [0.3, 0.4) is 0 Å². The zero-order valence-corrected chi connectivity index (χ0v) is 11.0. The molecule has 1 aromatic rings. The summed E-state index contributed by atoms with van der Waals surface area (Å²) < 4.78 is 38.3. The van der Waals surface area contributed by atoms with Gasteiger partial charge in [-0.25, -0.2) is 0 Å². The molecule has 3 N–H and O–H groups in total. The average molecular weight is 287 g/mol. The van der Waals surface area contributed by atoms with Crippen LogP contribution in [-0.4, -0.2) is 23.6 Å². The van der Waals surface area contributed by atoms with Crippen molar-refractivity contribution in [2.24, 2.45) is 10.9 Å². The van der Waals surface area contributed by atoms with Crippen molar-refractivity contribution in [1.82, 2.24) is 0 Å². The van der Waals surface area contributed by atoms with Gasteiger partial charge in [-0.3, -0.25) is 0 Å². The molecule has 4 nitrogen and oxygen atoms in total. The summed E-state index contributed by atoms with van der Waals surface area (Å²) in [5.41, 5.74) is 5.39.